The van der Waals surface area contributed by atoms with Crippen molar-refractivity contribution in [2.75, 3.05) is 13.1 Å². The summed E-state index contributed by atoms with van der Waals surface area (Å²) in [7, 11) is 0. The van der Waals surface area contributed by atoms with E-state index in [1.54, 1.807) is 6.07 Å². The zero-order chi connectivity index (χ0) is 17.1. The Morgan fingerprint density at radius 3 is 2.62 bits per heavy atom. The molecule has 2 N–H and O–H groups in total. The Balaban J connectivity index is 1.66. The van der Waals surface area contributed by atoms with E-state index >= 15 is 0 Å². The molecule has 2 unspecified atom stereocenters. The van der Waals surface area contributed by atoms with Crippen LogP contribution in [0.5, 0.6) is 0 Å². The summed E-state index contributed by atoms with van der Waals surface area (Å²) in [5.74, 6) is 0.407. The lowest BCUT2D eigenvalue weighted by molar-refractivity contribution is 0.148. The first kappa shape index (κ1) is 17.1. The van der Waals surface area contributed by atoms with E-state index in [1.165, 1.54) is 22.8 Å². The number of hydrogen-bond donors (Lipinski definition) is 1. The molecular formula is C21H27FN2. The maximum absolute atomic E-state index is 13.9. The molecule has 0 radical (unpaired) electrons. The molecule has 2 aromatic rings. The maximum atomic E-state index is 13.9. The fraction of sp³-hybridized carbons (Fsp3) is 0.429. The van der Waals surface area contributed by atoms with Crippen LogP contribution in [0, 0.1) is 25.6 Å². The molecule has 3 rings (SSSR count). The number of nitrogens with zero attached hydrogens (tertiary/aromatic N) is 1. The van der Waals surface area contributed by atoms with Gasteiger partial charge in [-0.1, -0.05) is 36.4 Å². The highest BCUT2D eigenvalue weighted by Crippen LogP contribution is 2.23. The summed E-state index contributed by atoms with van der Waals surface area (Å²) in [6.45, 7) is 6.78. The number of piperidine rings is 1. The van der Waals surface area contributed by atoms with Gasteiger partial charge in [-0.25, -0.2) is 4.39 Å². The van der Waals surface area contributed by atoms with E-state index < -0.39 is 0 Å². The van der Waals surface area contributed by atoms with Gasteiger partial charge in [0.1, 0.15) is 5.82 Å². The van der Waals surface area contributed by atoms with Crippen LogP contribution in [-0.2, 0) is 13.0 Å². The van der Waals surface area contributed by atoms with Crippen molar-refractivity contribution in [1.29, 1.82) is 0 Å². The molecule has 1 aliphatic heterocycles. The second-order valence-corrected chi connectivity index (χ2v) is 7.27. The minimum absolute atomic E-state index is 0.123. The van der Waals surface area contributed by atoms with Crippen molar-refractivity contribution < 1.29 is 4.39 Å². The van der Waals surface area contributed by atoms with Gasteiger partial charge in [-0.3, -0.25) is 4.90 Å². The number of hydrogen-bond acceptors (Lipinski definition) is 2. The van der Waals surface area contributed by atoms with Crippen LogP contribution in [0.1, 0.15) is 28.7 Å². The van der Waals surface area contributed by atoms with Gasteiger partial charge < -0.3 is 5.73 Å². The Morgan fingerprint density at radius 2 is 1.88 bits per heavy atom. The Labute approximate surface area is 144 Å². The molecule has 0 amide bonds. The van der Waals surface area contributed by atoms with Crippen molar-refractivity contribution in [2.45, 2.75) is 39.3 Å². The number of rotatable bonds is 4. The topological polar surface area (TPSA) is 29.3 Å². The Bertz CT molecular complexity index is 698. The highest BCUT2D eigenvalue weighted by atomic mass is 19.1. The van der Waals surface area contributed by atoms with Crippen molar-refractivity contribution in [1.82, 2.24) is 4.90 Å². The standard InChI is InChI=1S/C21H27FN2/c1-15-7-8-17(9-16(15)2)10-18-11-20(23)14-24(12-18)13-19-5-3-4-6-21(19)22/h3-9,18,20H,10-14,23H2,1-2H3. The summed E-state index contributed by atoms with van der Waals surface area (Å²) in [6, 6.07) is 13.9. The summed E-state index contributed by atoms with van der Waals surface area (Å²) in [5, 5.41) is 0. The van der Waals surface area contributed by atoms with Gasteiger partial charge in [0.15, 0.2) is 0 Å². The van der Waals surface area contributed by atoms with Gasteiger partial charge in [-0.2, -0.15) is 0 Å². The first-order valence-corrected chi connectivity index (χ1v) is 8.78. The van der Waals surface area contributed by atoms with Crippen molar-refractivity contribution >= 4 is 0 Å². The van der Waals surface area contributed by atoms with Crippen molar-refractivity contribution in [3.05, 3.63) is 70.5 Å². The molecule has 1 saturated heterocycles. The van der Waals surface area contributed by atoms with E-state index in [-0.39, 0.29) is 11.9 Å². The lowest BCUT2D eigenvalue weighted by atomic mass is 9.88. The fourth-order valence-corrected chi connectivity index (χ4v) is 3.76. The molecule has 128 valence electrons. The van der Waals surface area contributed by atoms with E-state index in [2.05, 4.69) is 36.9 Å². The van der Waals surface area contributed by atoms with Crippen LogP contribution in [0.3, 0.4) is 0 Å². The molecule has 1 aliphatic rings. The highest BCUT2D eigenvalue weighted by molar-refractivity contribution is 5.30. The second-order valence-electron chi connectivity index (χ2n) is 7.27. The van der Waals surface area contributed by atoms with Crippen LogP contribution in [0.15, 0.2) is 42.5 Å². The van der Waals surface area contributed by atoms with E-state index in [1.807, 2.05) is 12.1 Å². The first-order chi connectivity index (χ1) is 11.5. The average Bonchev–Trinajstić information content (AvgIpc) is 2.53. The molecule has 0 saturated carbocycles. The SMILES string of the molecule is Cc1ccc(CC2CC(N)CN(Cc3ccccc3F)C2)cc1C. The number of aryl methyl sites for hydroxylation is 2. The van der Waals surface area contributed by atoms with Crippen molar-refractivity contribution in [3.63, 3.8) is 0 Å². The lowest BCUT2D eigenvalue weighted by Gasteiger charge is -2.36. The van der Waals surface area contributed by atoms with Crippen LogP contribution in [0.4, 0.5) is 4.39 Å². The first-order valence-electron chi connectivity index (χ1n) is 8.78. The van der Waals surface area contributed by atoms with Gasteiger partial charge in [-0.05, 0) is 55.4 Å². The molecule has 3 heteroatoms. The minimum Gasteiger partial charge on any atom is -0.327 e. The van der Waals surface area contributed by atoms with Crippen LogP contribution >= 0.6 is 0 Å². The van der Waals surface area contributed by atoms with Gasteiger partial charge in [-0.15, -0.1) is 0 Å². The van der Waals surface area contributed by atoms with Crippen molar-refractivity contribution in [3.8, 4) is 0 Å². The molecule has 2 nitrogen and oxygen atoms in total. The van der Waals surface area contributed by atoms with Gasteiger partial charge in [0.25, 0.3) is 0 Å². The number of nitrogens with two attached hydrogens (primary N) is 1. The zero-order valence-corrected chi connectivity index (χ0v) is 14.6. The molecule has 0 spiro atoms. The number of halogens is 1. The summed E-state index contributed by atoms with van der Waals surface area (Å²) < 4.78 is 13.9. The van der Waals surface area contributed by atoms with Gasteiger partial charge in [0.2, 0.25) is 0 Å². The molecule has 2 atom stereocenters. The monoisotopic (exact) mass is 326 g/mol. The molecule has 0 aliphatic carbocycles. The van der Waals surface area contributed by atoms with Crippen LogP contribution in [0.25, 0.3) is 0 Å². The summed E-state index contributed by atoms with van der Waals surface area (Å²) in [5.41, 5.74) is 11.1. The van der Waals surface area contributed by atoms with E-state index in [0.717, 1.165) is 31.5 Å². The van der Waals surface area contributed by atoms with Crippen molar-refractivity contribution in [2.24, 2.45) is 11.7 Å². The molecule has 0 bridgehead atoms. The van der Waals surface area contributed by atoms with E-state index in [9.17, 15) is 4.39 Å². The summed E-state index contributed by atoms with van der Waals surface area (Å²) in [4.78, 5) is 2.30. The summed E-state index contributed by atoms with van der Waals surface area (Å²) >= 11 is 0. The van der Waals surface area contributed by atoms with Gasteiger partial charge in [0, 0.05) is 31.2 Å². The van der Waals surface area contributed by atoms with E-state index in [4.69, 9.17) is 5.73 Å². The van der Waals surface area contributed by atoms with Gasteiger partial charge in [0.05, 0.1) is 0 Å². The second kappa shape index (κ2) is 7.45. The minimum atomic E-state index is -0.123. The third kappa shape index (κ3) is 4.22. The zero-order valence-electron chi connectivity index (χ0n) is 14.6. The number of benzene rings is 2. The van der Waals surface area contributed by atoms with Crippen LogP contribution in [0.2, 0.25) is 0 Å². The number of likely N-dealkylation sites (tertiary alicyclic amines) is 1. The van der Waals surface area contributed by atoms with Crippen LogP contribution < -0.4 is 5.73 Å². The average molecular weight is 326 g/mol. The molecule has 1 fully saturated rings. The van der Waals surface area contributed by atoms with Crippen LogP contribution in [-0.4, -0.2) is 24.0 Å². The normalized spacial score (nSPS) is 21.8. The Morgan fingerprint density at radius 1 is 1.08 bits per heavy atom. The maximum Gasteiger partial charge on any atom is 0.127 e. The molecule has 24 heavy (non-hydrogen) atoms. The molecule has 0 aromatic heterocycles. The predicted molar refractivity (Wildman–Crippen MR) is 97.4 cm³/mol. The third-order valence-electron chi connectivity index (χ3n) is 5.09. The largest absolute Gasteiger partial charge is 0.327 e. The predicted octanol–water partition coefficient (Wildman–Crippen LogP) is 3.83. The van der Waals surface area contributed by atoms with Gasteiger partial charge >= 0.3 is 0 Å². The van der Waals surface area contributed by atoms with E-state index in [0.29, 0.717) is 12.5 Å². The molecular weight excluding hydrogens is 299 g/mol. The highest BCUT2D eigenvalue weighted by Gasteiger charge is 2.25. The fourth-order valence-electron chi connectivity index (χ4n) is 3.76. The quantitative estimate of drug-likeness (QED) is 0.925. The third-order valence-corrected chi connectivity index (χ3v) is 5.09. The lowest BCUT2D eigenvalue weighted by Crippen LogP contribution is -2.47. The Hall–Kier alpha value is -1.71. The molecule has 2 aromatic carbocycles. The smallest absolute Gasteiger partial charge is 0.127 e. The summed E-state index contributed by atoms with van der Waals surface area (Å²) in [6.07, 6.45) is 2.09. The Kier molecular flexibility index (Phi) is 5.32. The molecule has 1 heterocycles.